The SMILES string of the molecule is C=S(CC1CCN(CCF)CC1)c1ccc(C)cc1.CC. The molecule has 0 spiro atoms. The summed E-state index contributed by atoms with van der Waals surface area (Å²) in [6, 6.07) is 8.77. The number of rotatable bonds is 5. The second-order valence-electron chi connectivity index (χ2n) is 5.45. The molecule has 1 atom stereocenters. The zero-order valence-corrected chi connectivity index (χ0v) is 14.6. The molecular weight excluding hydrogens is 281 g/mol. The van der Waals surface area contributed by atoms with E-state index in [2.05, 4.69) is 42.0 Å². The fourth-order valence-corrected chi connectivity index (χ4v) is 4.22. The molecular formula is C18H30FNS. The van der Waals surface area contributed by atoms with Crippen LogP contribution in [0.25, 0.3) is 0 Å². The average molecular weight is 312 g/mol. The van der Waals surface area contributed by atoms with E-state index >= 15 is 0 Å². The summed E-state index contributed by atoms with van der Waals surface area (Å²) in [6.45, 7) is 8.62. The maximum absolute atomic E-state index is 12.3. The number of alkyl halides is 1. The summed E-state index contributed by atoms with van der Waals surface area (Å²) in [5, 5.41) is 0. The number of piperidine rings is 1. The zero-order valence-electron chi connectivity index (χ0n) is 13.8. The number of halogens is 1. The van der Waals surface area contributed by atoms with Crippen molar-refractivity contribution in [2.45, 2.75) is 38.5 Å². The minimum absolute atomic E-state index is 0.103. The Hall–Kier alpha value is -0.670. The molecule has 0 amide bonds. The van der Waals surface area contributed by atoms with Crippen LogP contribution in [0.1, 0.15) is 32.3 Å². The lowest BCUT2D eigenvalue weighted by Gasteiger charge is -2.31. The maximum Gasteiger partial charge on any atom is 0.102 e. The van der Waals surface area contributed by atoms with Gasteiger partial charge in [-0.1, -0.05) is 37.4 Å². The van der Waals surface area contributed by atoms with Crippen LogP contribution in [0.5, 0.6) is 0 Å². The Kier molecular flexibility index (Phi) is 8.86. The van der Waals surface area contributed by atoms with Crippen molar-refractivity contribution in [2.75, 3.05) is 32.1 Å². The first kappa shape index (κ1) is 18.4. The lowest BCUT2D eigenvalue weighted by Crippen LogP contribution is -2.35. The predicted octanol–water partition coefficient (Wildman–Crippen LogP) is 4.76. The van der Waals surface area contributed by atoms with E-state index < -0.39 is 0 Å². The van der Waals surface area contributed by atoms with Gasteiger partial charge in [-0.05, 0) is 56.7 Å². The van der Waals surface area contributed by atoms with Crippen LogP contribution in [-0.4, -0.2) is 42.8 Å². The molecule has 1 nitrogen and oxygen atoms in total. The van der Waals surface area contributed by atoms with Crippen LogP contribution in [0, 0.1) is 12.8 Å². The Bertz CT molecular complexity index is 408. The second kappa shape index (κ2) is 10.1. The zero-order chi connectivity index (χ0) is 15.7. The van der Waals surface area contributed by atoms with Crippen molar-refractivity contribution in [3.05, 3.63) is 29.8 Å². The van der Waals surface area contributed by atoms with Gasteiger partial charge in [0.15, 0.2) is 0 Å². The third kappa shape index (κ3) is 6.31. The lowest BCUT2D eigenvalue weighted by molar-refractivity contribution is 0.181. The number of benzene rings is 1. The number of hydrogen-bond donors (Lipinski definition) is 0. The minimum Gasteiger partial charge on any atom is -0.301 e. The Balaban J connectivity index is 0.00000106. The smallest absolute Gasteiger partial charge is 0.102 e. The van der Waals surface area contributed by atoms with Crippen molar-refractivity contribution in [3.63, 3.8) is 0 Å². The summed E-state index contributed by atoms with van der Waals surface area (Å²) in [5.41, 5.74) is 1.31. The van der Waals surface area contributed by atoms with Crippen molar-refractivity contribution >= 4 is 16.4 Å². The van der Waals surface area contributed by atoms with Crippen LogP contribution in [0.4, 0.5) is 4.39 Å². The molecule has 21 heavy (non-hydrogen) atoms. The fourth-order valence-electron chi connectivity index (χ4n) is 2.61. The van der Waals surface area contributed by atoms with Crippen molar-refractivity contribution in [1.82, 2.24) is 4.90 Å². The van der Waals surface area contributed by atoms with Gasteiger partial charge in [-0.25, -0.2) is 4.39 Å². The van der Waals surface area contributed by atoms with Crippen LogP contribution in [-0.2, 0) is 0 Å². The van der Waals surface area contributed by atoms with Gasteiger partial charge in [-0.2, -0.15) is 10.5 Å². The third-order valence-electron chi connectivity index (χ3n) is 3.90. The lowest BCUT2D eigenvalue weighted by atomic mass is 9.99. The largest absolute Gasteiger partial charge is 0.301 e. The molecule has 1 aromatic carbocycles. The van der Waals surface area contributed by atoms with E-state index in [4.69, 9.17) is 0 Å². The van der Waals surface area contributed by atoms with Gasteiger partial charge in [0.2, 0.25) is 0 Å². The average Bonchev–Trinajstić information content (AvgIpc) is 2.52. The highest BCUT2D eigenvalue weighted by molar-refractivity contribution is 8.14. The van der Waals surface area contributed by atoms with E-state index in [1.165, 1.54) is 29.1 Å². The van der Waals surface area contributed by atoms with Crippen molar-refractivity contribution in [1.29, 1.82) is 0 Å². The summed E-state index contributed by atoms with van der Waals surface area (Å²) < 4.78 is 12.3. The second-order valence-corrected chi connectivity index (χ2v) is 7.24. The van der Waals surface area contributed by atoms with E-state index in [0.717, 1.165) is 19.0 Å². The number of aryl methyl sites for hydroxylation is 1. The molecule has 1 aliphatic rings. The summed E-state index contributed by atoms with van der Waals surface area (Å²) >= 11 is 0. The summed E-state index contributed by atoms with van der Waals surface area (Å²) in [6.07, 6.45) is 2.40. The fraction of sp³-hybridized carbons (Fsp3) is 0.611. The Morgan fingerprint density at radius 3 is 2.29 bits per heavy atom. The first-order valence-corrected chi connectivity index (χ1v) is 9.61. The van der Waals surface area contributed by atoms with E-state index in [9.17, 15) is 4.39 Å². The van der Waals surface area contributed by atoms with E-state index in [0.29, 0.717) is 6.54 Å². The molecule has 1 unspecified atom stereocenters. The number of likely N-dealkylation sites (tertiary alicyclic amines) is 1. The maximum atomic E-state index is 12.3. The monoisotopic (exact) mass is 311 g/mol. The first-order valence-electron chi connectivity index (χ1n) is 8.04. The van der Waals surface area contributed by atoms with Gasteiger partial charge in [0.25, 0.3) is 0 Å². The summed E-state index contributed by atoms with van der Waals surface area (Å²) in [4.78, 5) is 3.61. The topological polar surface area (TPSA) is 3.24 Å². The highest BCUT2D eigenvalue weighted by Crippen LogP contribution is 2.31. The van der Waals surface area contributed by atoms with Gasteiger partial charge in [-0.3, -0.25) is 0 Å². The molecule has 3 heteroatoms. The quantitative estimate of drug-likeness (QED) is 0.709. The molecule has 120 valence electrons. The van der Waals surface area contributed by atoms with Gasteiger partial charge in [-0.15, -0.1) is 0 Å². The normalized spacial score (nSPS) is 17.9. The summed E-state index contributed by atoms with van der Waals surface area (Å²) in [7, 11) is 0.103. The molecule has 1 saturated heterocycles. The Morgan fingerprint density at radius 2 is 1.76 bits per heavy atom. The first-order chi connectivity index (χ1) is 10.2. The molecule has 2 rings (SSSR count). The van der Waals surface area contributed by atoms with Gasteiger partial charge in [0.1, 0.15) is 6.67 Å². The molecule has 1 heterocycles. The van der Waals surface area contributed by atoms with Crippen molar-refractivity contribution in [2.24, 2.45) is 5.92 Å². The molecule has 0 aliphatic carbocycles. The van der Waals surface area contributed by atoms with E-state index in [1.807, 2.05) is 13.8 Å². The standard InChI is InChI=1S/C16H24FNS.C2H6/c1-14-3-5-16(6-4-14)19(2)13-15-7-10-18(11-8-15)12-9-17;1-2/h3-6,15H,2,7-13H2,1H3;1-2H3. The Morgan fingerprint density at radius 1 is 1.19 bits per heavy atom. The molecule has 0 bridgehead atoms. The molecule has 1 aromatic rings. The number of nitrogens with zero attached hydrogens (tertiary/aromatic N) is 1. The van der Waals surface area contributed by atoms with Crippen molar-refractivity contribution in [3.8, 4) is 0 Å². The molecule has 1 aliphatic heterocycles. The molecule has 0 aromatic heterocycles. The minimum atomic E-state index is -0.215. The summed E-state index contributed by atoms with van der Waals surface area (Å²) in [5.74, 6) is 6.29. The molecule has 0 N–H and O–H groups in total. The van der Waals surface area contributed by atoms with Crippen LogP contribution >= 0.6 is 10.5 Å². The molecule has 0 radical (unpaired) electrons. The Labute approximate surface area is 132 Å². The van der Waals surface area contributed by atoms with Gasteiger partial charge in [0, 0.05) is 11.4 Å². The highest BCUT2D eigenvalue weighted by atomic mass is 32.2. The van der Waals surface area contributed by atoms with Crippen LogP contribution in [0.3, 0.4) is 0 Å². The number of hydrogen-bond acceptors (Lipinski definition) is 1. The van der Waals surface area contributed by atoms with Crippen molar-refractivity contribution < 1.29 is 4.39 Å². The van der Waals surface area contributed by atoms with Crippen LogP contribution < -0.4 is 0 Å². The van der Waals surface area contributed by atoms with Gasteiger partial charge >= 0.3 is 0 Å². The predicted molar refractivity (Wildman–Crippen MR) is 95.5 cm³/mol. The van der Waals surface area contributed by atoms with Gasteiger partial charge < -0.3 is 4.90 Å². The molecule has 1 fully saturated rings. The highest BCUT2D eigenvalue weighted by Gasteiger charge is 2.19. The third-order valence-corrected chi connectivity index (χ3v) is 5.71. The van der Waals surface area contributed by atoms with Gasteiger partial charge in [0.05, 0.1) is 0 Å². The van der Waals surface area contributed by atoms with E-state index in [1.54, 1.807) is 0 Å². The van der Waals surface area contributed by atoms with E-state index in [-0.39, 0.29) is 17.2 Å². The molecule has 0 saturated carbocycles. The van der Waals surface area contributed by atoms with Crippen LogP contribution in [0.2, 0.25) is 0 Å². The van der Waals surface area contributed by atoms with Crippen LogP contribution in [0.15, 0.2) is 29.2 Å².